The van der Waals surface area contributed by atoms with Crippen LogP contribution in [0.15, 0.2) is 12.2 Å². The van der Waals surface area contributed by atoms with Crippen molar-refractivity contribution in [2.75, 3.05) is 19.6 Å². The quantitative estimate of drug-likeness (QED) is 0.663. The second kappa shape index (κ2) is 4.30. The van der Waals surface area contributed by atoms with E-state index >= 15 is 0 Å². The standard InChI is InChI=1S/C13H20N2O3/c1-9-5-6-15(11(9)16)10-7-14(8-10)12(17)18-13(2,3)4/h10H,1,5-8H2,2-4H3. The number of carbonyl (C=O) groups excluding carboxylic acids is 2. The molecule has 0 aliphatic carbocycles. The van der Waals surface area contributed by atoms with Crippen LogP contribution in [0, 0.1) is 0 Å². The molecule has 2 rings (SSSR count). The second-order valence-corrected chi connectivity index (χ2v) is 5.89. The first kappa shape index (κ1) is 12.9. The van der Waals surface area contributed by atoms with Crippen molar-refractivity contribution in [2.24, 2.45) is 0 Å². The molecule has 0 radical (unpaired) electrons. The number of ether oxygens (including phenoxy) is 1. The van der Waals surface area contributed by atoms with Crippen LogP contribution < -0.4 is 0 Å². The summed E-state index contributed by atoms with van der Waals surface area (Å²) in [5.41, 5.74) is 0.200. The van der Waals surface area contributed by atoms with Gasteiger partial charge in [-0.05, 0) is 27.2 Å². The Morgan fingerprint density at radius 2 is 2.00 bits per heavy atom. The molecule has 0 spiro atoms. The molecule has 0 aromatic rings. The number of rotatable bonds is 1. The van der Waals surface area contributed by atoms with Gasteiger partial charge in [0.25, 0.3) is 0 Å². The van der Waals surface area contributed by atoms with Gasteiger partial charge in [0, 0.05) is 25.2 Å². The topological polar surface area (TPSA) is 49.9 Å². The summed E-state index contributed by atoms with van der Waals surface area (Å²) in [4.78, 5) is 26.9. The summed E-state index contributed by atoms with van der Waals surface area (Å²) in [6.45, 7) is 11.1. The van der Waals surface area contributed by atoms with E-state index in [4.69, 9.17) is 4.74 Å². The van der Waals surface area contributed by atoms with Crippen LogP contribution in [-0.4, -0.2) is 53.1 Å². The molecule has 18 heavy (non-hydrogen) atoms. The van der Waals surface area contributed by atoms with Crippen LogP contribution in [0.3, 0.4) is 0 Å². The average Bonchev–Trinajstić information content (AvgIpc) is 2.44. The van der Waals surface area contributed by atoms with Gasteiger partial charge in [-0.3, -0.25) is 4.79 Å². The lowest BCUT2D eigenvalue weighted by atomic mass is 10.1. The number of hydrogen-bond donors (Lipinski definition) is 0. The highest BCUT2D eigenvalue weighted by Gasteiger charge is 2.41. The SMILES string of the molecule is C=C1CCN(C2CN(C(=O)OC(C)(C)C)C2)C1=O. The molecule has 0 aromatic heterocycles. The third kappa shape index (κ3) is 2.49. The van der Waals surface area contributed by atoms with Gasteiger partial charge in [0.1, 0.15) is 5.60 Å². The van der Waals surface area contributed by atoms with E-state index in [0.717, 1.165) is 13.0 Å². The van der Waals surface area contributed by atoms with Crippen molar-refractivity contribution in [2.45, 2.75) is 38.8 Å². The highest BCUT2D eigenvalue weighted by molar-refractivity contribution is 5.95. The maximum Gasteiger partial charge on any atom is 0.410 e. The predicted molar refractivity (Wildman–Crippen MR) is 67.1 cm³/mol. The number of carbonyl (C=O) groups is 2. The predicted octanol–water partition coefficient (Wildman–Crippen LogP) is 1.39. The van der Waals surface area contributed by atoms with E-state index in [9.17, 15) is 9.59 Å². The molecule has 2 heterocycles. The fourth-order valence-corrected chi connectivity index (χ4v) is 2.14. The van der Waals surface area contributed by atoms with Crippen LogP contribution in [0.5, 0.6) is 0 Å². The molecule has 2 amide bonds. The van der Waals surface area contributed by atoms with Crippen molar-refractivity contribution in [3.05, 3.63) is 12.2 Å². The molecule has 0 saturated carbocycles. The minimum Gasteiger partial charge on any atom is -0.444 e. The zero-order chi connectivity index (χ0) is 13.5. The third-order valence-electron chi connectivity index (χ3n) is 3.17. The lowest BCUT2D eigenvalue weighted by molar-refractivity contribution is -0.129. The molecule has 5 nitrogen and oxygen atoms in total. The van der Waals surface area contributed by atoms with Crippen molar-refractivity contribution in [3.8, 4) is 0 Å². The molecule has 0 bridgehead atoms. The minimum atomic E-state index is -0.472. The molecule has 5 heteroatoms. The Morgan fingerprint density at radius 1 is 1.39 bits per heavy atom. The molecule has 2 fully saturated rings. The first-order valence-electron chi connectivity index (χ1n) is 6.24. The van der Waals surface area contributed by atoms with Crippen molar-refractivity contribution in [3.63, 3.8) is 0 Å². The third-order valence-corrected chi connectivity index (χ3v) is 3.17. The number of hydrogen-bond acceptors (Lipinski definition) is 3. The number of likely N-dealkylation sites (tertiary alicyclic amines) is 2. The Kier molecular flexibility index (Phi) is 3.09. The molecule has 2 aliphatic rings. The smallest absolute Gasteiger partial charge is 0.410 e. The second-order valence-electron chi connectivity index (χ2n) is 5.89. The molecular formula is C13H20N2O3. The summed E-state index contributed by atoms with van der Waals surface area (Å²) in [6, 6.07) is 0.129. The van der Waals surface area contributed by atoms with E-state index in [1.807, 2.05) is 25.7 Å². The summed E-state index contributed by atoms with van der Waals surface area (Å²) >= 11 is 0. The maximum absolute atomic E-state index is 11.7. The Bertz CT molecular complexity index is 392. The summed E-state index contributed by atoms with van der Waals surface area (Å²) < 4.78 is 5.27. The van der Waals surface area contributed by atoms with Crippen LogP contribution in [0.25, 0.3) is 0 Å². The van der Waals surface area contributed by atoms with Gasteiger partial charge in [0.15, 0.2) is 0 Å². The van der Waals surface area contributed by atoms with Crippen LogP contribution in [-0.2, 0) is 9.53 Å². The fraction of sp³-hybridized carbons (Fsp3) is 0.692. The number of nitrogens with zero attached hydrogens (tertiary/aromatic N) is 2. The maximum atomic E-state index is 11.7. The highest BCUT2D eigenvalue weighted by atomic mass is 16.6. The van der Waals surface area contributed by atoms with Crippen molar-refractivity contribution >= 4 is 12.0 Å². The van der Waals surface area contributed by atoms with Gasteiger partial charge < -0.3 is 14.5 Å². The Hall–Kier alpha value is -1.52. The molecule has 0 unspecified atom stereocenters. The van der Waals surface area contributed by atoms with Crippen molar-refractivity contribution in [1.82, 2.24) is 9.80 Å². The van der Waals surface area contributed by atoms with Gasteiger partial charge >= 0.3 is 6.09 Å². The van der Waals surface area contributed by atoms with Gasteiger partial charge in [0.2, 0.25) is 5.91 Å². The molecule has 2 aliphatic heterocycles. The van der Waals surface area contributed by atoms with Gasteiger partial charge in [-0.15, -0.1) is 0 Å². The van der Waals surface area contributed by atoms with Gasteiger partial charge in [-0.25, -0.2) is 4.79 Å². The van der Waals surface area contributed by atoms with E-state index in [1.165, 1.54) is 0 Å². The Balaban J connectivity index is 1.82. The lowest BCUT2D eigenvalue weighted by Gasteiger charge is -2.43. The molecule has 0 N–H and O–H groups in total. The zero-order valence-corrected chi connectivity index (χ0v) is 11.2. The van der Waals surface area contributed by atoms with Crippen LogP contribution >= 0.6 is 0 Å². The van der Waals surface area contributed by atoms with Crippen LogP contribution in [0.2, 0.25) is 0 Å². The summed E-state index contributed by atoms with van der Waals surface area (Å²) in [5, 5.41) is 0. The van der Waals surface area contributed by atoms with E-state index in [0.29, 0.717) is 18.7 Å². The Morgan fingerprint density at radius 3 is 2.44 bits per heavy atom. The molecule has 0 atom stereocenters. The normalized spacial score (nSPS) is 21.3. The zero-order valence-electron chi connectivity index (χ0n) is 11.2. The minimum absolute atomic E-state index is 0.0313. The van der Waals surface area contributed by atoms with E-state index in [-0.39, 0.29) is 18.0 Å². The van der Waals surface area contributed by atoms with Gasteiger partial charge in [-0.1, -0.05) is 6.58 Å². The Labute approximate surface area is 107 Å². The largest absolute Gasteiger partial charge is 0.444 e. The summed E-state index contributed by atoms with van der Waals surface area (Å²) in [5.74, 6) is 0.0313. The van der Waals surface area contributed by atoms with Gasteiger partial charge in [-0.2, -0.15) is 0 Å². The van der Waals surface area contributed by atoms with E-state index < -0.39 is 5.60 Å². The van der Waals surface area contributed by atoms with Gasteiger partial charge in [0.05, 0.1) is 6.04 Å². The van der Waals surface area contributed by atoms with Crippen LogP contribution in [0.1, 0.15) is 27.2 Å². The molecule has 100 valence electrons. The molecular weight excluding hydrogens is 232 g/mol. The summed E-state index contributed by atoms with van der Waals surface area (Å²) in [7, 11) is 0. The molecule has 0 aromatic carbocycles. The fourth-order valence-electron chi connectivity index (χ4n) is 2.14. The average molecular weight is 252 g/mol. The first-order valence-corrected chi connectivity index (χ1v) is 6.24. The summed E-state index contributed by atoms with van der Waals surface area (Å²) in [6.07, 6.45) is 0.436. The first-order chi connectivity index (χ1) is 8.28. The van der Waals surface area contributed by atoms with Crippen molar-refractivity contribution in [1.29, 1.82) is 0 Å². The highest BCUT2D eigenvalue weighted by Crippen LogP contribution is 2.24. The van der Waals surface area contributed by atoms with Crippen LogP contribution in [0.4, 0.5) is 4.79 Å². The lowest BCUT2D eigenvalue weighted by Crippen LogP contribution is -2.61. The van der Waals surface area contributed by atoms with E-state index in [2.05, 4.69) is 6.58 Å². The monoisotopic (exact) mass is 252 g/mol. The molecule has 2 saturated heterocycles. The van der Waals surface area contributed by atoms with Crippen molar-refractivity contribution < 1.29 is 14.3 Å². The number of amides is 2. The van der Waals surface area contributed by atoms with E-state index in [1.54, 1.807) is 4.90 Å².